The van der Waals surface area contributed by atoms with Crippen molar-refractivity contribution in [2.45, 2.75) is 6.92 Å². The van der Waals surface area contributed by atoms with Gasteiger partial charge in [0.05, 0.1) is 14.2 Å². The summed E-state index contributed by atoms with van der Waals surface area (Å²) in [4.78, 5) is 11.7. The van der Waals surface area contributed by atoms with Crippen molar-refractivity contribution < 1.29 is 18.7 Å². The Labute approximate surface area is 117 Å². The van der Waals surface area contributed by atoms with E-state index in [-0.39, 0.29) is 5.78 Å². The fourth-order valence-corrected chi connectivity index (χ4v) is 2.07. The van der Waals surface area contributed by atoms with E-state index in [1.165, 1.54) is 19.1 Å². The summed E-state index contributed by atoms with van der Waals surface area (Å²) in [6.07, 6.45) is 0. The largest absolute Gasteiger partial charge is 0.497 e. The van der Waals surface area contributed by atoms with Gasteiger partial charge in [-0.2, -0.15) is 0 Å². The number of hydrogen-bond donors (Lipinski definition) is 0. The normalized spacial score (nSPS) is 10.2. The highest BCUT2D eigenvalue weighted by molar-refractivity contribution is 6.01. The Morgan fingerprint density at radius 1 is 1.00 bits per heavy atom. The Bertz CT molecular complexity index is 650. The predicted octanol–water partition coefficient (Wildman–Crippen LogP) is 3.71. The molecule has 2 rings (SSSR count). The zero-order chi connectivity index (χ0) is 14.7. The maximum Gasteiger partial charge on any atom is 0.160 e. The molecule has 0 aliphatic heterocycles. The summed E-state index contributed by atoms with van der Waals surface area (Å²) < 4.78 is 23.8. The number of benzene rings is 2. The third-order valence-electron chi connectivity index (χ3n) is 3.06. The Balaban J connectivity index is 2.69. The van der Waals surface area contributed by atoms with Gasteiger partial charge in [0, 0.05) is 11.1 Å². The van der Waals surface area contributed by atoms with Crippen LogP contribution in [0.3, 0.4) is 0 Å². The number of ether oxygens (including phenoxy) is 2. The highest BCUT2D eigenvalue weighted by Gasteiger charge is 2.15. The van der Waals surface area contributed by atoms with Crippen molar-refractivity contribution in [2.75, 3.05) is 14.2 Å². The minimum absolute atomic E-state index is 0.204. The molecule has 2 aromatic carbocycles. The zero-order valence-corrected chi connectivity index (χ0v) is 11.6. The average molecular weight is 274 g/mol. The lowest BCUT2D eigenvalue weighted by molar-refractivity contribution is 0.101. The minimum atomic E-state index is -0.444. The average Bonchev–Trinajstić information content (AvgIpc) is 2.46. The van der Waals surface area contributed by atoms with Gasteiger partial charge in [0.15, 0.2) is 5.78 Å². The number of methoxy groups -OCH3 is 2. The molecule has 0 aliphatic rings. The molecule has 0 N–H and O–H groups in total. The molecule has 0 heterocycles. The van der Waals surface area contributed by atoms with Gasteiger partial charge in [-0.05, 0) is 42.8 Å². The topological polar surface area (TPSA) is 35.5 Å². The Morgan fingerprint density at radius 3 is 2.35 bits per heavy atom. The standard InChI is InChI=1S/C16H15FO3/c1-10(18)14-8-11(17)4-6-13(14)15-9-12(19-2)5-7-16(15)20-3/h4-9H,1-3H3. The van der Waals surface area contributed by atoms with Gasteiger partial charge in [-0.15, -0.1) is 0 Å². The van der Waals surface area contributed by atoms with E-state index in [4.69, 9.17) is 9.47 Å². The molecular formula is C16H15FO3. The number of Topliss-reactive ketones (excluding diaryl/α,β-unsaturated/α-hetero) is 1. The van der Waals surface area contributed by atoms with E-state index in [1.54, 1.807) is 38.5 Å². The first-order valence-corrected chi connectivity index (χ1v) is 6.09. The molecule has 0 saturated heterocycles. The van der Waals surface area contributed by atoms with Crippen molar-refractivity contribution in [1.29, 1.82) is 0 Å². The number of halogens is 1. The van der Waals surface area contributed by atoms with Gasteiger partial charge in [-0.3, -0.25) is 4.79 Å². The SMILES string of the molecule is COc1ccc(OC)c(-c2ccc(F)cc2C(C)=O)c1. The summed E-state index contributed by atoms with van der Waals surface area (Å²) in [5, 5.41) is 0. The van der Waals surface area contributed by atoms with E-state index < -0.39 is 5.82 Å². The summed E-state index contributed by atoms with van der Waals surface area (Å²) in [5.74, 6) is 0.588. The lowest BCUT2D eigenvalue weighted by Gasteiger charge is -2.13. The molecule has 0 aliphatic carbocycles. The van der Waals surface area contributed by atoms with E-state index in [0.717, 1.165) is 0 Å². The van der Waals surface area contributed by atoms with Crippen LogP contribution in [-0.4, -0.2) is 20.0 Å². The van der Waals surface area contributed by atoms with Gasteiger partial charge < -0.3 is 9.47 Å². The molecule has 0 spiro atoms. The predicted molar refractivity (Wildman–Crippen MR) is 74.9 cm³/mol. The lowest BCUT2D eigenvalue weighted by Crippen LogP contribution is -1.99. The molecule has 3 nitrogen and oxygen atoms in total. The van der Waals surface area contributed by atoms with Gasteiger partial charge in [-0.25, -0.2) is 4.39 Å². The number of carbonyl (C=O) groups excluding carboxylic acids is 1. The van der Waals surface area contributed by atoms with Crippen molar-refractivity contribution in [2.24, 2.45) is 0 Å². The maximum absolute atomic E-state index is 13.3. The monoisotopic (exact) mass is 274 g/mol. The maximum atomic E-state index is 13.3. The summed E-state index contributed by atoms with van der Waals surface area (Å²) in [7, 11) is 3.10. The van der Waals surface area contributed by atoms with E-state index >= 15 is 0 Å². The first-order valence-electron chi connectivity index (χ1n) is 6.09. The molecule has 4 heteroatoms. The van der Waals surface area contributed by atoms with Gasteiger partial charge in [0.2, 0.25) is 0 Å². The van der Waals surface area contributed by atoms with Gasteiger partial charge in [-0.1, -0.05) is 6.07 Å². The first kappa shape index (κ1) is 14.1. The Kier molecular flexibility index (Phi) is 4.03. The van der Waals surface area contributed by atoms with Gasteiger partial charge in [0.1, 0.15) is 17.3 Å². The second kappa shape index (κ2) is 5.74. The second-order valence-corrected chi connectivity index (χ2v) is 4.31. The van der Waals surface area contributed by atoms with Crippen LogP contribution in [0.4, 0.5) is 4.39 Å². The first-order chi connectivity index (χ1) is 9.56. The van der Waals surface area contributed by atoms with Crippen LogP contribution in [0, 0.1) is 5.82 Å². The molecule has 0 atom stereocenters. The van der Waals surface area contributed by atoms with Crippen LogP contribution < -0.4 is 9.47 Å². The van der Waals surface area contributed by atoms with Crippen LogP contribution in [0.25, 0.3) is 11.1 Å². The van der Waals surface area contributed by atoms with Crippen molar-refractivity contribution in [3.8, 4) is 22.6 Å². The molecule has 0 saturated carbocycles. The third-order valence-corrected chi connectivity index (χ3v) is 3.06. The molecule has 0 radical (unpaired) electrons. The second-order valence-electron chi connectivity index (χ2n) is 4.31. The number of carbonyl (C=O) groups is 1. The summed E-state index contributed by atoms with van der Waals surface area (Å²) in [6.45, 7) is 1.41. The van der Waals surface area contributed by atoms with E-state index in [0.29, 0.717) is 28.2 Å². The molecule has 0 aromatic heterocycles. The van der Waals surface area contributed by atoms with Gasteiger partial charge >= 0.3 is 0 Å². The molecule has 0 unspecified atom stereocenters. The lowest BCUT2D eigenvalue weighted by atomic mass is 9.96. The molecule has 0 amide bonds. The van der Waals surface area contributed by atoms with Crippen LogP contribution >= 0.6 is 0 Å². The van der Waals surface area contributed by atoms with Crippen molar-refractivity contribution in [1.82, 2.24) is 0 Å². The van der Waals surface area contributed by atoms with Crippen LogP contribution in [0.2, 0.25) is 0 Å². The third kappa shape index (κ3) is 2.64. The number of rotatable bonds is 4. The van der Waals surface area contributed by atoms with Crippen molar-refractivity contribution in [3.05, 3.63) is 47.8 Å². The van der Waals surface area contributed by atoms with Gasteiger partial charge in [0.25, 0.3) is 0 Å². The Hall–Kier alpha value is -2.36. The summed E-state index contributed by atoms with van der Waals surface area (Å²) >= 11 is 0. The highest BCUT2D eigenvalue weighted by Crippen LogP contribution is 2.35. The molecule has 0 bridgehead atoms. The smallest absolute Gasteiger partial charge is 0.160 e. The fraction of sp³-hybridized carbons (Fsp3) is 0.188. The zero-order valence-electron chi connectivity index (χ0n) is 11.6. The summed E-state index contributed by atoms with van der Waals surface area (Å²) in [5.41, 5.74) is 1.63. The van der Waals surface area contributed by atoms with Crippen LogP contribution in [-0.2, 0) is 0 Å². The molecule has 2 aromatic rings. The highest BCUT2D eigenvalue weighted by atomic mass is 19.1. The van der Waals surface area contributed by atoms with Crippen LogP contribution in [0.5, 0.6) is 11.5 Å². The van der Waals surface area contributed by atoms with Crippen LogP contribution in [0.1, 0.15) is 17.3 Å². The van der Waals surface area contributed by atoms with Crippen LogP contribution in [0.15, 0.2) is 36.4 Å². The minimum Gasteiger partial charge on any atom is -0.497 e. The molecule has 20 heavy (non-hydrogen) atoms. The van der Waals surface area contributed by atoms with Crippen molar-refractivity contribution in [3.63, 3.8) is 0 Å². The van der Waals surface area contributed by atoms with Crippen molar-refractivity contribution >= 4 is 5.78 Å². The quantitative estimate of drug-likeness (QED) is 0.797. The Morgan fingerprint density at radius 2 is 1.75 bits per heavy atom. The fourth-order valence-electron chi connectivity index (χ4n) is 2.07. The molecule has 104 valence electrons. The van der Waals surface area contributed by atoms with E-state index in [1.807, 2.05) is 0 Å². The van der Waals surface area contributed by atoms with E-state index in [2.05, 4.69) is 0 Å². The number of ketones is 1. The molecular weight excluding hydrogens is 259 g/mol. The van der Waals surface area contributed by atoms with E-state index in [9.17, 15) is 9.18 Å². The number of hydrogen-bond acceptors (Lipinski definition) is 3. The molecule has 0 fully saturated rings. The summed E-state index contributed by atoms with van der Waals surface area (Å²) in [6, 6.07) is 9.40.